The first-order valence-corrected chi connectivity index (χ1v) is 6.44. The molecule has 2 rings (SSSR count). The van der Waals surface area contributed by atoms with Gasteiger partial charge in [-0.15, -0.1) is 0 Å². The van der Waals surface area contributed by atoms with E-state index in [2.05, 4.69) is 22.3 Å². The third-order valence-corrected chi connectivity index (χ3v) is 3.55. The van der Waals surface area contributed by atoms with Crippen LogP contribution in [0.4, 0.5) is 0 Å². The number of aliphatic hydroxyl groups excluding tert-OH is 1. The molecule has 0 radical (unpaired) electrons. The summed E-state index contributed by atoms with van der Waals surface area (Å²) in [6, 6.07) is 8.44. The minimum atomic E-state index is -0.154. The van der Waals surface area contributed by atoms with Gasteiger partial charge in [0.2, 0.25) is 0 Å². The lowest BCUT2D eigenvalue weighted by Crippen LogP contribution is -2.32. The molecule has 2 unspecified atom stereocenters. The van der Waals surface area contributed by atoms with E-state index in [0.717, 1.165) is 31.8 Å². The average molecular weight is 250 g/mol. The minimum Gasteiger partial charge on any atom is -0.497 e. The molecule has 0 aliphatic carbocycles. The van der Waals surface area contributed by atoms with Crippen molar-refractivity contribution in [3.63, 3.8) is 0 Å². The second-order valence-electron chi connectivity index (χ2n) is 4.82. The standard InChI is InChI=1S/C14H22N2O2/c1-15-14(10-16-8-7-12(17)9-16)11-3-5-13(18-2)6-4-11/h3-6,12,14-15,17H,7-10H2,1-2H3. The van der Waals surface area contributed by atoms with E-state index in [1.54, 1.807) is 7.11 Å². The SMILES string of the molecule is CNC(CN1CCC(O)C1)c1ccc(OC)cc1. The number of benzene rings is 1. The van der Waals surface area contributed by atoms with Crippen LogP contribution in [0.1, 0.15) is 18.0 Å². The van der Waals surface area contributed by atoms with Gasteiger partial charge in [-0.1, -0.05) is 12.1 Å². The maximum Gasteiger partial charge on any atom is 0.118 e. The molecule has 4 heteroatoms. The van der Waals surface area contributed by atoms with Crippen molar-refractivity contribution < 1.29 is 9.84 Å². The molecule has 0 spiro atoms. The number of aliphatic hydroxyl groups is 1. The summed E-state index contributed by atoms with van der Waals surface area (Å²) in [5.74, 6) is 0.880. The number of methoxy groups -OCH3 is 1. The maximum atomic E-state index is 9.55. The smallest absolute Gasteiger partial charge is 0.118 e. The van der Waals surface area contributed by atoms with Gasteiger partial charge in [-0.2, -0.15) is 0 Å². The number of hydrogen-bond donors (Lipinski definition) is 2. The zero-order valence-electron chi connectivity index (χ0n) is 11.1. The zero-order valence-corrected chi connectivity index (χ0v) is 11.1. The van der Waals surface area contributed by atoms with Gasteiger partial charge in [-0.25, -0.2) is 0 Å². The first-order chi connectivity index (χ1) is 8.72. The highest BCUT2D eigenvalue weighted by Crippen LogP contribution is 2.20. The molecule has 1 aliphatic rings. The minimum absolute atomic E-state index is 0.154. The zero-order chi connectivity index (χ0) is 13.0. The number of nitrogens with one attached hydrogen (secondary N) is 1. The van der Waals surface area contributed by atoms with E-state index in [1.807, 2.05) is 19.2 Å². The largest absolute Gasteiger partial charge is 0.497 e. The molecule has 1 fully saturated rings. The van der Waals surface area contributed by atoms with Crippen molar-refractivity contribution in [1.29, 1.82) is 0 Å². The number of likely N-dealkylation sites (tertiary alicyclic amines) is 1. The molecule has 1 aromatic carbocycles. The second kappa shape index (κ2) is 6.18. The molecular formula is C14H22N2O2. The van der Waals surface area contributed by atoms with Crippen LogP contribution in [-0.4, -0.2) is 49.9 Å². The van der Waals surface area contributed by atoms with Crippen LogP contribution in [-0.2, 0) is 0 Å². The van der Waals surface area contributed by atoms with E-state index < -0.39 is 0 Å². The lowest BCUT2D eigenvalue weighted by molar-refractivity contribution is 0.173. The predicted octanol–water partition coefficient (Wildman–Crippen LogP) is 1.02. The van der Waals surface area contributed by atoms with Gasteiger partial charge >= 0.3 is 0 Å². The van der Waals surface area contributed by atoms with E-state index in [1.165, 1.54) is 5.56 Å². The predicted molar refractivity (Wildman–Crippen MR) is 71.9 cm³/mol. The molecule has 1 saturated heterocycles. The number of hydrogen-bond acceptors (Lipinski definition) is 4. The molecule has 0 saturated carbocycles. The van der Waals surface area contributed by atoms with Crippen LogP contribution in [0.5, 0.6) is 5.75 Å². The average Bonchev–Trinajstić information content (AvgIpc) is 2.82. The summed E-state index contributed by atoms with van der Waals surface area (Å²) >= 11 is 0. The van der Waals surface area contributed by atoms with Crippen LogP contribution in [0.2, 0.25) is 0 Å². The molecule has 4 nitrogen and oxygen atoms in total. The molecule has 18 heavy (non-hydrogen) atoms. The highest BCUT2D eigenvalue weighted by molar-refractivity contribution is 5.29. The monoisotopic (exact) mass is 250 g/mol. The van der Waals surface area contributed by atoms with Crippen molar-refractivity contribution in [2.45, 2.75) is 18.6 Å². The Morgan fingerprint density at radius 3 is 2.67 bits per heavy atom. The molecule has 1 aliphatic heterocycles. The number of ether oxygens (including phenoxy) is 1. The van der Waals surface area contributed by atoms with Crippen LogP contribution in [0.15, 0.2) is 24.3 Å². The molecular weight excluding hydrogens is 228 g/mol. The normalized spacial score (nSPS) is 22.1. The fraction of sp³-hybridized carbons (Fsp3) is 0.571. The topological polar surface area (TPSA) is 44.7 Å². The van der Waals surface area contributed by atoms with E-state index in [0.29, 0.717) is 6.04 Å². The molecule has 0 amide bonds. The summed E-state index contributed by atoms with van der Waals surface area (Å²) in [6.07, 6.45) is 0.734. The number of rotatable bonds is 5. The van der Waals surface area contributed by atoms with Crippen molar-refractivity contribution in [1.82, 2.24) is 10.2 Å². The summed E-state index contributed by atoms with van der Waals surface area (Å²) < 4.78 is 5.17. The van der Waals surface area contributed by atoms with E-state index >= 15 is 0 Å². The quantitative estimate of drug-likeness (QED) is 0.819. The Balaban J connectivity index is 1.98. The van der Waals surface area contributed by atoms with Crippen LogP contribution in [0.25, 0.3) is 0 Å². The first kappa shape index (κ1) is 13.3. The van der Waals surface area contributed by atoms with Gasteiger partial charge in [-0.3, -0.25) is 4.90 Å². The van der Waals surface area contributed by atoms with Gasteiger partial charge in [0.05, 0.1) is 13.2 Å². The summed E-state index contributed by atoms with van der Waals surface area (Å²) in [5, 5.41) is 12.9. The first-order valence-electron chi connectivity index (χ1n) is 6.44. The summed E-state index contributed by atoms with van der Waals surface area (Å²) in [6.45, 7) is 2.70. The maximum absolute atomic E-state index is 9.55. The third kappa shape index (κ3) is 3.22. The molecule has 0 aromatic heterocycles. The van der Waals surface area contributed by atoms with E-state index in [-0.39, 0.29) is 6.10 Å². The van der Waals surface area contributed by atoms with Crippen molar-refractivity contribution in [2.24, 2.45) is 0 Å². The van der Waals surface area contributed by atoms with Gasteiger partial charge in [0.1, 0.15) is 5.75 Å². The van der Waals surface area contributed by atoms with Crippen LogP contribution in [0.3, 0.4) is 0 Å². The Kier molecular flexibility index (Phi) is 4.58. The Morgan fingerprint density at radius 1 is 1.44 bits per heavy atom. The summed E-state index contributed by atoms with van der Waals surface area (Å²) in [5.41, 5.74) is 1.25. The Morgan fingerprint density at radius 2 is 2.17 bits per heavy atom. The van der Waals surface area contributed by atoms with Gasteiger partial charge in [0.25, 0.3) is 0 Å². The Bertz CT molecular complexity index is 367. The number of likely N-dealkylation sites (N-methyl/N-ethyl adjacent to an activating group) is 1. The lowest BCUT2D eigenvalue weighted by Gasteiger charge is -2.23. The lowest BCUT2D eigenvalue weighted by atomic mass is 10.1. The Labute approximate surface area is 109 Å². The van der Waals surface area contributed by atoms with Crippen LogP contribution >= 0.6 is 0 Å². The van der Waals surface area contributed by atoms with Gasteiger partial charge in [0, 0.05) is 25.7 Å². The molecule has 2 atom stereocenters. The van der Waals surface area contributed by atoms with Gasteiger partial charge in [0.15, 0.2) is 0 Å². The highest BCUT2D eigenvalue weighted by Gasteiger charge is 2.22. The second-order valence-corrected chi connectivity index (χ2v) is 4.82. The van der Waals surface area contributed by atoms with E-state index in [4.69, 9.17) is 4.74 Å². The van der Waals surface area contributed by atoms with Crippen molar-refractivity contribution in [3.8, 4) is 5.75 Å². The summed E-state index contributed by atoms with van der Waals surface area (Å²) in [7, 11) is 3.65. The Hall–Kier alpha value is -1.10. The molecule has 0 bridgehead atoms. The third-order valence-electron chi connectivity index (χ3n) is 3.55. The molecule has 100 valence electrons. The fourth-order valence-electron chi connectivity index (χ4n) is 2.44. The molecule has 1 heterocycles. The van der Waals surface area contributed by atoms with Crippen LogP contribution < -0.4 is 10.1 Å². The number of β-amino-alcohol motifs (C(OH)–C–C–N with tert-alkyl or cyclic N) is 1. The van der Waals surface area contributed by atoms with Gasteiger partial charge < -0.3 is 15.2 Å². The van der Waals surface area contributed by atoms with Gasteiger partial charge in [-0.05, 0) is 31.2 Å². The number of nitrogens with zero attached hydrogens (tertiary/aromatic N) is 1. The van der Waals surface area contributed by atoms with Crippen molar-refractivity contribution >= 4 is 0 Å². The molecule has 2 N–H and O–H groups in total. The fourth-order valence-corrected chi connectivity index (χ4v) is 2.44. The van der Waals surface area contributed by atoms with Crippen LogP contribution in [0, 0.1) is 0 Å². The highest BCUT2D eigenvalue weighted by atomic mass is 16.5. The van der Waals surface area contributed by atoms with E-state index in [9.17, 15) is 5.11 Å². The van der Waals surface area contributed by atoms with Crippen molar-refractivity contribution in [2.75, 3.05) is 33.8 Å². The summed E-state index contributed by atoms with van der Waals surface area (Å²) in [4.78, 5) is 2.30. The molecule has 1 aromatic rings. The van der Waals surface area contributed by atoms with Crippen molar-refractivity contribution in [3.05, 3.63) is 29.8 Å².